The van der Waals surface area contributed by atoms with E-state index in [0.29, 0.717) is 13.0 Å². The van der Waals surface area contributed by atoms with Crippen LogP contribution < -0.4 is 5.32 Å². The Morgan fingerprint density at radius 3 is 3.00 bits per heavy atom. The van der Waals surface area contributed by atoms with Gasteiger partial charge in [-0.15, -0.1) is 0 Å². The molecule has 1 heterocycles. The number of hydrogen-bond acceptors (Lipinski definition) is 3. The van der Waals surface area contributed by atoms with Crippen LogP contribution in [0.1, 0.15) is 16.9 Å². The lowest BCUT2D eigenvalue weighted by atomic mass is 10.3. The quantitative estimate of drug-likeness (QED) is 0.541. The Morgan fingerprint density at radius 2 is 2.36 bits per heavy atom. The number of rotatable bonds is 4. The summed E-state index contributed by atoms with van der Waals surface area (Å²) in [5.74, 6) is -1.11. The molecule has 0 spiro atoms. The Bertz CT molecular complexity index is 317. The molecule has 1 amide bonds. The molecule has 0 atom stereocenters. The van der Waals surface area contributed by atoms with E-state index >= 15 is 0 Å². The summed E-state index contributed by atoms with van der Waals surface area (Å²) in [6, 6.07) is 4.02. The minimum atomic E-state index is -0.681. The maximum Gasteiger partial charge on any atom is 0.269 e. The number of carbonyl (C=O) groups excluding carboxylic acids is 1. The fraction of sp³-hybridized carbons (Fsp3) is 0.333. The second-order valence-electron chi connectivity index (χ2n) is 2.68. The predicted molar refractivity (Wildman–Crippen MR) is 48.2 cm³/mol. The zero-order valence-electron chi connectivity index (χ0n) is 7.53. The van der Waals surface area contributed by atoms with Crippen LogP contribution in [0.25, 0.3) is 0 Å². The Morgan fingerprint density at radius 1 is 1.57 bits per heavy atom. The van der Waals surface area contributed by atoms with Crippen molar-refractivity contribution in [3.05, 3.63) is 29.8 Å². The number of amides is 1. The van der Waals surface area contributed by atoms with E-state index in [0.717, 1.165) is 0 Å². The second kappa shape index (κ2) is 5.29. The number of pyridine rings is 1. The SMILES string of the molecule is O=C(NCCCO)c1cccc(F)n1. The average Bonchev–Trinajstić information content (AvgIpc) is 2.18. The van der Waals surface area contributed by atoms with E-state index in [1.165, 1.54) is 18.2 Å². The van der Waals surface area contributed by atoms with Crippen molar-refractivity contribution in [3.8, 4) is 0 Å². The topological polar surface area (TPSA) is 62.2 Å². The van der Waals surface area contributed by atoms with E-state index in [1.807, 2.05) is 0 Å². The van der Waals surface area contributed by atoms with Crippen LogP contribution in [0, 0.1) is 5.95 Å². The summed E-state index contributed by atoms with van der Waals surface area (Å²) in [7, 11) is 0. The van der Waals surface area contributed by atoms with Crippen LogP contribution in [0.5, 0.6) is 0 Å². The van der Waals surface area contributed by atoms with Gasteiger partial charge in [0.25, 0.3) is 5.91 Å². The number of aromatic nitrogens is 1. The maximum atomic E-state index is 12.6. The molecule has 76 valence electrons. The summed E-state index contributed by atoms with van der Waals surface area (Å²) < 4.78 is 12.6. The number of carbonyl (C=O) groups is 1. The zero-order chi connectivity index (χ0) is 10.4. The van der Waals surface area contributed by atoms with Gasteiger partial charge in [-0.1, -0.05) is 6.07 Å². The summed E-state index contributed by atoms with van der Waals surface area (Å²) >= 11 is 0. The van der Waals surface area contributed by atoms with Crippen LogP contribution in [0.3, 0.4) is 0 Å². The Kier molecular flexibility index (Phi) is 4.00. The highest BCUT2D eigenvalue weighted by Gasteiger charge is 2.06. The molecule has 1 aromatic rings. The number of nitrogens with zero attached hydrogens (tertiary/aromatic N) is 1. The van der Waals surface area contributed by atoms with Crippen LogP contribution >= 0.6 is 0 Å². The fourth-order valence-electron chi connectivity index (χ4n) is 0.906. The van der Waals surface area contributed by atoms with Gasteiger partial charge in [-0.2, -0.15) is 4.39 Å². The van der Waals surface area contributed by atoms with Crippen molar-refractivity contribution in [3.63, 3.8) is 0 Å². The lowest BCUT2D eigenvalue weighted by Crippen LogP contribution is -2.26. The molecule has 1 aromatic heterocycles. The molecule has 0 fully saturated rings. The molecule has 0 radical (unpaired) electrons. The summed E-state index contributed by atoms with van der Waals surface area (Å²) in [5.41, 5.74) is 0.0444. The summed E-state index contributed by atoms with van der Waals surface area (Å²) in [4.78, 5) is 14.7. The summed E-state index contributed by atoms with van der Waals surface area (Å²) in [6.45, 7) is 0.365. The highest BCUT2D eigenvalue weighted by Crippen LogP contribution is 1.97. The summed E-state index contributed by atoms with van der Waals surface area (Å²) in [5, 5.41) is 11.0. The van der Waals surface area contributed by atoms with Crippen molar-refractivity contribution < 1.29 is 14.3 Å². The highest BCUT2D eigenvalue weighted by molar-refractivity contribution is 5.92. The molecule has 2 N–H and O–H groups in total. The number of nitrogens with one attached hydrogen (secondary N) is 1. The fourth-order valence-corrected chi connectivity index (χ4v) is 0.906. The van der Waals surface area contributed by atoms with Crippen LogP contribution in [0.15, 0.2) is 18.2 Å². The molecular weight excluding hydrogens is 187 g/mol. The lowest BCUT2D eigenvalue weighted by molar-refractivity contribution is 0.0945. The molecular formula is C9H11FN2O2. The van der Waals surface area contributed by atoms with E-state index in [-0.39, 0.29) is 12.3 Å². The van der Waals surface area contributed by atoms with E-state index < -0.39 is 11.9 Å². The third-order valence-electron chi connectivity index (χ3n) is 1.57. The number of aliphatic hydroxyl groups is 1. The van der Waals surface area contributed by atoms with Gasteiger partial charge < -0.3 is 10.4 Å². The van der Waals surface area contributed by atoms with Gasteiger partial charge in [0.15, 0.2) is 0 Å². The Balaban J connectivity index is 2.52. The van der Waals surface area contributed by atoms with Gasteiger partial charge in [0.2, 0.25) is 5.95 Å². The van der Waals surface area contributed by atoms with Gasteiger partial charge in [0.05, 0.1) is 0 Å². The summed E-state index contributed by atoms with van der Waals surface area (Å²) in [6.07, 6.45) is 0.473. The van der Waals surface area contributed by atoms with Crippen LogP contribution in [-0.4, -0.2) is 29.1 Å². The molecule has 14 heavy (non-hydrogen) atoms. The predicted octanol–water partition coefficient (Wildman–Crippen LogP) is 0.333. The van der Waals surface area contributed by atoms with Crippen molar-refractivity contribution in [2.24, 2.45) is 0 Å². The molecule has 0 saturated heterocycles. The highest BCUT2D eigenvalue weighted by atomic mass is 19.1. The normalized spacial score (nSPS) is 9.86. The van der Waals surface area contributed by atoms with Crippen molar-refractivity contribution in [2.75, 3.05) is 13.2 Å². The lowest BCUT2D eigenvalue weighted by Gasteiger charge is -2.02. The Labute approximate surface area is 80.8 Å². The molecule has 0 saturated carbocycles. The molecule has 0 aliphatic heterocycles. The largest absolute Gasteiger partial charge is 0.396 e. The second-order valence-corrected chi connectivity index (χ2v) is 2.68. The van der Waals surface area contributed by atoms with Crippen LogP contribution in [0.4, 0.5) is 4.39 Å². The van der Waals surface area contributed by atoms with Crippen molar-refractivity contribution in [1.29, 1.82) is 0 Å². The smallest absolute Gasteiger partial charge is 0.269 e. The monoisotopic (exact) mass is 198 g/mol. The molecule has 0 aromatic carbocycles. The van der Waals surface area contributed by atoms with Crippen LogP contribution in [0.2, 0.25) is 0 Å². The first-order chi connectivity index (χ1) is 6.74. The molecule has 0 aliphatic carbocycles. The van der Waals surface area contributed by atoms with E-state index in [9.17, 15) is 9.18 Å². The molecule has 0 unspecified atom stereocenters. The third kappa shape index (κ3) is 3.10. The molecule has 0 aliphatic rings. The standard InChI is InChI=1S/C9H11FN2O2/c10-8-4-1-3-7(12-8)9(14)11-5-2-6-13/h1,3-4,13H,2,5-6H2,(H,11,14). The number of hydrogen-bond donors (Lipinski definition) is 2. The van der Waals surface area contributed by atoms with Gasteiger partial charge in [-0.25, -0.2) is 4.98 Å². The minimum Gasteiger partial charge on any atom is -0.396 e. The third-order valence-corrected chi connectivity index (χ3v) is 1.57. The van der Waals surface area contributed by atoms with Gasteiger partial charge in [-0.05, 0) is 18.6 Å². The number of halogens is 1. The molecule has 1 rings (SSSR count). The maximum absolute atomic E-state index is 12.6. The average molecular weight is 198 g/mol. The van der Waals surface area contributed by atoms with E-state index in [2.05, 4.69) is 10.3 Å². The van der Waals surface area contributed by atoms with Crippen molar-refractivity contribution in [2.45, 2.75) is 6.42 Å². The van der Waals surface area contributed by atoms with Gasteiger partial charge in [-0.3, -0.25) is 4.79 Å². The van der Waals surface area contributed by atoms with Crippen molar-refractivity contribution in [1.82, 2.24) is 10.3 Å². The zero-order valence-corrected chi connectivity index (χ0v) is 7.53. The Hall–Kier alpha value is -1.49. The van der Waals surface area contributed by atoms with Gasteiger partial charge in [0, 0.05) is 13.2 Å². The molecule has 0 bridgehead atoms. The van der Waals surface area contributed by atoms with Crippen LogP contribution in [-0.2, 0) is 0 Å². The van der Waals surface area contributed by atoms with E-state index in [1.54, 1.807) is 0 Å². The van der Waals surface area contributed by atoms with Gasteiger partial charge in [0.1, 0.15) is 5.69 Å². The first-order valence-corrected chi connectivity index (χ1v) is 4.25. The van der Waals surface area contributed by atoms with Gasteiger partial charge >= 0.3 is 0 Å². The first kappa shape index (κ1) is 10.6. The molecule has 5 heteroatoms. The number of aliphatic hydroxyl groups excluding tert-OH is 1. The van der Waals surface area contributed by atoms with Crippen molar-refractivity contribution >= 4 is 5.91 Å². The molecule has 4 nitrogen and oxygen atoms in total. The first-order valence-electron chi connectivity index (χ1n) is 4.25. The van der Waals surface area contributed by atoms with E-state index in [4.69, 9.17) is 5.11 Å². The minimum absolute atomic E-state index is 0.0108.